The molecule has 3 rings (SSSR count). The number of nitrogens with zero attached hydrogens (tertiary/aromatic N) is 2. The molecule has 0 bridgehead atoms. The molecule has 0 aliphatic rings. The van der Waals surface area contributed by atoms with E-state index in [2.05, 4.69) is 15.9 Å². The van der Waals surface area contributed by atoms with Crippen molar-refractivity contribution < 1.29 is 27.5 Å². The summed E-state index contributed by atoms with van der Waals surface area (Å²) in [6.07, 6.45) is 2.06. The summed E-state index contributed by atoms with van der Waals surface area (Å²) in [6.45, 7) is 7.00. The normalized spacial score (nSPS) is 12.5. The van der Waals surface area contributed by atoms with Crippen molar-refractivity contribution in [2.45, 2.75) is 38.2 Å². The molecule has 0 aliphatic carbocycles. The maximum atomic E-state index is 13.5. The average Bonchev–Trinajstić information content (AvgIpc) is 3.16. The third kappa shape index (κ3) is 5.59. The Labute approximate surface area is 213 Å². The van der Waals surface area contributed by atoms with Gasteiger partial charge < -0.3 is 9.47 Å². The predicted octanol–water partition coefficient (Wildman–Crippen LogP) is 5.33. The number of fused-ring (bicyclic) bond motifs is 1. The highest BCUT2D eigenvalue weighted by molar-refractivity contribution is 9.10. The summed E-state index contributed by atoms with van der Waals surface area (Å²) >= 11 is 3.48. The molecule has 0 atom stereocenters. The Morgan fingerprint density at radius 2 is 1.71 bits per heavy atom. The van der Waals surface area contributed by atoms with Crippen molar-refractivity contribution in [1.82, 2.24) is 8.87 Å². The molecule has 0 radical (unpaired) electrons. The van der Waals surface area contributed by atoms with E-state index in [0.29, 0.717) is 20.9 Å². The number of halogens is 1. The van der Waals surface area contributed by atoms with Gasteiger partial charge in [-0.05, 0) is 58.0 Å². The zero-order valence-corrected chi connectivity index (χ0v) is 22.7. The van der Waals surface area contributed by atoms with Crippen LogP contribution in [-0.2, 0) is 24.3 Å². The van der Waals surface area contributed by atoms with Gasteiger partial charge in [-0.1, -0.05) is 39.7 Å². The van der Waals surface area contributed by atoms with Gasteiger partial charge in [0.05, 0.1) is 17.5 Å². The molecule has 0 unspecified atom stereocenters. The molecule has 1 heterocycles. The fraction of sp³-hybridized carbons (Fsp3) is 0.280. The summed E-state index contributed by atoms with van der Waals surface area (Å²) in [4.78, 5) is 26.4. The molecule has 1 amide bonds. The zero-order chi connectivity index (χ0) is 26.1. The monoisotopic (exact) mass is 562 g/mol. The number of amides is 1. The number of methoxy groups -OCH3 is 1. The van der Waals surface area contributed by atoms with Gasteiger partial charge in [0, 0.05) is 28.7 Å². The fourth-order valence-electron chi connectivity index (χ4n) is 3.35. The smallest absolute Gasteiger partial charge is 0.414 e. The minimum Gasteiger partial charge on any atom is -0.464 e. The quantitative estimate of drug-likeness (QED) is 0.308. The molecule has 0 fully saturated rings. The number of esters is 1. The Morgan fingerprint density at radius 1 is 1.09 bits per heavy atom. The second kappa shape index (κ2) is 9.87. The third-order valence-corrected chi connectivity index (χ3v) is 7.42. The van der Waals surface area contributed by atoms with Crippen molar-refractivity contribution >= 4 is 55.0 Å². The van der Waals surface area contributed by atoms with E-state index in [1.165, 1.54) is 26.4 Å². The predicted molar refractivity (Wildman–Crippen MR) is 137 cm³/mol. The Bertz CT molecular complexity index is 1420. The number of hydrogen-bond donors (Lipinski definition) is 0. The Hall–Kier alpha value is -3.11. The number of carbonyl (C=O) groups is 2. The summed E-state index contributed by atoms with van der Waals surface area (Å²) in [5.74, 6) is -0.785. The summed E-state index contributed by atoms with van der Waals surface area (Å²) in [5.41, 5.74) is 0.812. The lowest BCUT2D eigenvalue weighted by Crippen LogP contribution is -2.36. The zero-order valence-electron chi connectivity index (χ0n) is 20.3. The van der Waals surface area contributed by atoms with Gasteiger partial charge in [0.1, 0.15) is 11.3 Å². The molecule has 2 aromatic carbocycles. The van der Waals surface area contributed by atoms with Crippen LogP contribution in [0.2, 0.25) is 0 Å². The molecule has 1 aromatic heterocycles. The number of carbonyl (C=O) groups excluding carboxylic acids is 2. The van der Waals surface area contributed by atoms with Crippen LogP contribution in [0.25, 0.3) is 17.0 Å². The van der Waals surface area contributed by atoms with Crippen LogP contribution in [0.4, 0.5) is 4.79 Å². The van der Waals surface area contributed by atoms with Gasteiger partial charge in [-0.3, -0.25) is 4.90 Å². The minimum atomic E-state index is -3.96. The largest absolute Gasteiger partial charge is 0.464 e. The Balaban J connectivity index is 2.23. The average molecular weight is 563 g/mol. The number of aromatic nitrogens is 1. The van der Waals surface area contributed by atoms with Crippen LogP contribution in [0, 0.1) is 6.92 Å². The summed E-state index contributed by atoms with van der Waals surface area (Å²) in [7, 11) is -1.38. The molecule has 0 aliphatic heterocycles. The van der Waals surface area contributed by atoms with Crippen LogP contribution >= 0.6 is 15.9 Å². The topological polar surface area (TPSA) is 94.9 Å². The van der Waals surface area contributed by atoms with Gasteiger partial charge in [0.2, 0.25) is 0 Å². The van der Waals surface area contributed by atoms with Gasteiger partial charge in [-0.15, -0.1) is 0 Å². The first-order chi connectivity index (χ1) is 16.3. The van der Waals surface area contributed by atoms with Crippen LogP contribution in [0.3, 0.4) is 0 Å². The molecule has 3 aromatic rings. The van der Waals surface area contributed by atoms with Gasteiger partial charge in [-0.2, -0.15) is 0 Å². The highest BCUT2D eigenvalue weighted by Gasteiger charge is 2.28. The van der Waals surface area contributed by atoms with Crippen molar-refractivity contribution in [2.24, 2.45) is 0 Å². The molecule has 10 heteroatoms. The second-order valence-electron chi connectivity index (χ2n) is 8.89. The Kier molecular flexibility index (Phi) is 7.47. The van der Waals surface area contributed by atoms with E-state index in [4.69, 9.17) is 9.47 Å². The van der Waals surface area contributed by atoms with Gasteiger partial charge in [0.15, 0.2) is 0 Å². The Morgan fingerprint density at radius 3 is 2.29 bits per heavy atom. The van der Waals surface area contributed by atoms with E-state index in [1.54, 1.807) is 63.2 Å². The number of likely N-dealkylation sites (N-methyl/N-ethyl adjacent to an activating group) is 1. The molecular formula is C25H27BrN2O6S. The fourth-order valence-corrected chi connectivity index (χ4v) is 5.30. The molecule has 0 saturated heterocycles. The lowest BCUT2D eigenvalue weighted by molar-refractivity contribution is -0.137. The summed E-state index contributed by atoms with van der Waals surface area (Å²) in [6, 6.07) is 11.7. The molecule has 8 nitrogen and oxygen atoms in total. The lowest BCUT2D eigenvalue weighted by Gasteiger charge is -2.25. The maximum absolute atomic E-state index is 13.5. The standard InChI is InChI=1S/C25H27BrN2O6S/c1-16-10-12-18(13-11-16)35(31,32)28-15-17(22-19(26)8-7-9-20(22)28)14-21(23(29)33-6)27(5)24(30)34-25(2,3)4/h7-15H,1-6H3/b21-14+. The van der Waals surface area contributed by atoms with Crippen molar-refractivity contribution in [3.05, 3.63) is 70.0 Å². The lowest BCUT2D eigenvalue weighted by atomic mass is 10.1. The van der Waals surface area contributed by atoms with Gasteiger partial charge >= 0.3 is 12.1 Å². The highest BCUT2D eigenvalue weighted by Crippen LogP contribution is 2.33. The van der Waals surface area contributed by atoms with Crippen molar-refractivity contribution in [2.75, 3.05) is 14.2 Å². The number of benzene rings is 2. The van der Waals surface area contributed by atoms with Crippen LogP contribution in [0.1, 0.15) is 31.9 Å². The van der Waals surface area contributed by atoms with E-state index in [-0.39, 0.29) is 10.6 Å². The van der Waals surface area contributed by atoms with Crippen molar-refractivity contribution in [3.63, 3.8) is 0 Å². The van der Waals surface area contributed by atoms with E-state index >= 15 is 0 Å². The highest BCUT2D eigenvalue weighted by atomic mass is 79.9. The van der Waals surface area contributed by atoms with E-state index in [1.807, 2.05) is 6.92 Å². The van der Waals surface area contributed by atoms with Crippen molar-refractivity contribution in [3.8, 4) is 0 Å². The molecule has 0 spiro atoms. The van der Waals surface area contributed by atoms with Crippen LogP contribution in [0.5, 0.6) is 0 Å². The second-order valence-corrected chi connectivity index (χ2v) is 11.6. The van der Waals surface area contributed by atoms with Crippen LogP contribution in [0.15, 0.2) is 63.7 Å². The molecule has 35 heavy (non-hydrogen) atoms. The number of aryl methyl sites for hydroxylation is 1. The molecule has 0 N–H and O–H groups in total. The number of hydrogen-bond acceptors (Lipinski definition) is 6. The molecule has 0 saturated carbocycles. The van der Waals surface area contributed by atoms with Gasteiger partial charge in [0.25, 0.3) is 10.0 Å². The van der Waals surface area contributed by atoms with Crippen molar-refractivity contribution in [1.29, 1.82) is 0 Å². The van der Waals surface area contributed by atoms with E-state index in [9.17, 15) is 18.0 Å². The summed E-state index contributed by atoms with van der Waals surface area (Å²) in [5, 5.41) is 0.544. The summed E-state index contributed by atoms with van der Waals surface area (Å²) < 4.78 is 39.1. The third-order valence-electron chi connectivity index (χ3n) is 5.07. The first kappa shape index (κ1) is 26.5. The maximum Gasteiger partial charge on any atom is 0.414 e. The van der Waals surface area contributed by atoms with E-state index in [0.717, 1.165) is 14.4 Å². The molecule has 186 valence electrons. The van der Waals surface area contributed by atoms with E-state index < -0.39 is 27.7 Å². The molecular weight excluding hydrogens is 536 g/mol. The number of rotatable bonds is 5. The van der Waals surface area contributed by atoms with Crippen LogP contribution in [-0.4, -0.2) is 49.1 Å². The SMILES string of the molecule is COC(=O)/C(=C\c1cn(S(=O)(=O)c2ccc(C)cc2)c2cccc(Br)c12)N(C)C(=O)OC(C)(C)C. The first-order valence-electron chi connectivity index (χ1n) is 10.6. The minimum absolute atomic E-state index is 0.120. The van der Waals surface area contributed by atoms with Crippen LogP contribution < -0.4 is 0 Å². The van der Waals surface area contributed by atoms with Gasteiger partial charge in [-0.25, -0.2) is 22.0 Å². The first-order valence-corrected chi connectivity index (χ1v) is 12.9. The number of ether oxygens (including phenoxy) is 2.